The Kier molecular flexibility index (Phi) is 3.27. The van der Waals surface area contributed by atoms with Crippen molar-refractivity contribution < 1.29 is 4.79 Å². The molecule has 4 N–H and O–H groups in total. The summed E-state index contributed by atoms with van der Waals surface area (Å²) in [5, 5.41) is 0. The van der Waals surface area contributed by atoms with E-state index in [2.05, 4.69) is 18.7 Å². The van der Waals surface area contributed by atoms with E-state index in [-0.39, 0.29) is 5.91 Å². The molecule has 4 heteroatoms. The topological polar surface area (TPSA) is 72.3 Å². The Labute approximate surface area is 79.3 Å². The zero-order valence-corrected chi connectivity index (χ0v) is 8.36. The van der Waals surface area contributed by atoms with Crippen molar-refractivity contribution in [3.63, 3.8) is 0 Å². The fourth-order valence-electron chi connectivity index (χ4n) is 1.81. The summed E-state index contributed by atoms with van der Waals surface area (Å²) in [5.41, 5.74) is 10.9. The first kappa shape index (κ1) is 10.5. The molecule has 0 unspecified atom stereocenters. The highest BCUT2D eigenvalue weighted by atomic mass is 16.1. The first-order valence-electron chi connectivity index (χ1n) is 4.80. The van der Waals surface area contributed by atoms with Crippen LogP contribution in [0.3, 0.4) is 0 Å². The van der Waals surface area contributed by atoms with E-state index < -0.39 is 0 Å². The third-order valence-corrected chi connectivity index (χ3v) is 2.62. The predicted octanol–water partition coefficient (Wildman–Crippen LogP) is -0.328. The van der Waals surface area contributed by atoms with E-state index >= 15 is 0 Å². The smallest absolute Gasteiger partial charge is 0.231 e. The molecule has 13 heavy (non-hydrogen) atoms. The van der Waals surface area contributed by atoms with Crippen molar-refractivity contribution in [3.05, 3.63) is 0 Å². The average molecular weight is 185 g/mol. The fourth-order valence-corrected chi connectivity index (χ4v) is 1.81. The van der Waals surface area contributed by atoms with E-state index in [0.29, 0.717) is 24.7 Å². The van der Waals surface area contributed by atoms with Crippen LogP contribution in [-0.2, 0) is 4.79 Å². The van der Waals surface area contributed by atoms with Gasteiger partial charge in [-0.25, -0.2) is 0 Å². The molecule has 1 saturated carbocycles. The molecule has 1 aliphatic carbocycles. The lowest BCUT2D eigenvalue weighted by atomic mass is 9.85. The molecular formula is C9H19N3O. The Balaban J connectivity index is 2.43. The number of hydrogen-bond acceptors (Lipinski definition) is 3. The monoisotopic (exact) mass is 185 g/mol. The largest absolute Gasteiger partial charge is 0.369 e. The second-order valence-electron chi connectivity index (χ2n) is 4.12. The van der Waals surface area contributed by atoms with Crippen molar-refractivity contribution >= 4 is 5.91 Å². The second-order valence-corrected chi connectivity index (χ2v) is 4.12. The van der Waals surface area contributed by atoms with Gasteiger partial charge in [0.2, 0.25) is 5.91 Å². The van der Waals surface area contributed by atoms with Crippen LogP contribution in [0.15, 0.2) is 0 Å². The average Bonchev–Trinajstić information content (AvgIpc) is 1.94. The van der Waals surface area contributed by atoms with E-state index in [4.69, 9.17) is 11.5 Å². The standard InChI is InChI=1S/C9H19N3O/c1-6(2)12(5-9(11)13)8-3-7(10)4-8/h6-8H,3-5,10H2,1-2H3,(H2,11,13). The molecule has 4 nitrogen and oxygen atoms in total. The number of carbonyl (C=O) groups excluding carboxylic acids is 1. The third-order valence-electron chi connectivity index (χ3n) is 2.62. The lowest BCUT2D eigenvalue weighted by Crippen LogP contribution is -2.54. The highest BCUT2D eigenvalue weighted by Gasteiger charge is 2.32. The number of hydrogen-bond donors (Lipinski definition) is 2. The minimum atomic E-state index is -0.255. The van der Waals surface area contributed by atoms with Crippen molar-refractivity contribution in [3.8, 4) is 0 Å². The Hall–Kier alpha value is -0.610. The van der Waals surface area contributed by atoms with Crippen LogP contribution in [0.5, 0.6) is 0 Å². The summed E-state index contributed by atoms with van der Waals surface area (Å²) in [6, 6.07) is 1.15. The quantitative estimate of drug-likeness (QED) is 0.630. The van der Waals surface area contributed by atoms with E-state index in [0.717, 1.165) is 12.8 Å². The zero-order valence-electron chi connectivity index (χ0n) is 8.36. The number of rotatable bonds is 4. The number of primary amides is 1. The lowest BCUT2D eigenvalue weighted by molar-refractivity contribution is -0.120. The normalized spacial score (nSPS) is 27.8. The molecule has 76 valence electrons. The molecule has 1 amide bonds. The maximum absolute atomic E-state index is 10.8. The van der Waals surface area contributed by atoms with Gasteiger partial charge in [-0.3, -0.25) is 9.69 Å². The summed E-state index contributed by atoms with van der Waals surface area (Å²) < 4.78 is 0. The molecule has 0 heterocycles. The summed E-state index contributed by atoms with van der Waals surface area (Å²) >= 11 is 0. The number of amides is 1. The van der Waals surface area contributed by atoms with Gasteiger partial charge in [0.25, 0.3) is 0 Å². The molecule has 0 atom stereocenters. The van der Waals surface area contributed by atoms with E-state index in [9.17, 15) is 4.79 Å². The first-order valence-corrected chi connectivity index (χ1v) is 4.80. The molecule has 0 aliphatic heterocycles. The van der Waals surface area contributed by atoms with Gasteiger partial charge in [0.15, 0.2) is 0 Å². The summed E-state index contributed by atoms with van der Waals surface area (Å²) in [7, 11) is 0. The highest BCUT2D eigenvalue weighted by Crippen LogP contribution is 2.25. The number of nitrogens with two attached hydrogens (primary N) is 2. The number of nitrogens with zero attached hydrogens (tertiary/aromatic N) is 1. The van der Waals surface area contributed by atoms with E-state index in [1.165, 1.54) is 0 Å². The molecule has 0 saturated heterocycles. The molecular weight excluding hydrogens is 166 g/mol. The molecule has 1 fully saturated rings. The van der Waals surface area contributed by atoms with Crippen LogP contribution in [0.1, 0.15) is 26.7 Å². The van der Waals surface area contributed by atoms with Crippen molar-refractivity contribution in [2.24, 2.45) is 11.5 Å². The Morgan fingerprint density at radius 3 is 2.38 bits per heavy atom. The maximum Gasteiger partial charge on any atom is 0.231 e. The fraction of sp³-hybridized carbons (Fsp3) is 0.889. The lowest BCUT2D eigenvalue weighted by Gasteiger charge is -2.43. The van der Waals surface area contributed by atoms with Crippen LogP contribution in [-0.4, -0.2) is 35.5 Å². The van der Waals surface area contributed by atoms with Gasteiger partial charge in [0.05, 0.1) is 6.54 Å². The molecule has 0 aromatic rings. The molecule has 0 spiro atoms. The van der Waals surface area contributed by atoms with Crippen LogP contribution in [0, 0.1) is 0 Å². The molecule has 0 radical (unpaired) electrons. The summed E-state index contributed by atoms with van der Waals surface area (Å²) in [5.74, 6) is -0.255. The van der Waals surface area contributed by atoms with Crippen molar-refractivity contribution in [2.45, 2.75) is 44.8 Å². The summed E-state index contributed by atoms with van der Waals surface area (Å²) in [4.78, 5) is 12.9. The van der Waals surface area contributed by atoms with Gasteiger partial charge in [-0.1, -0.05) is 0 Å². The third kappa shape index (κ3) is 2.67. The number of carbonyl (C=O) groups is 1. The first-order chi connectivity index (χ1) is 6.00. The summed E-state index contributed by atoms with van der Waals surface area (Å²) in [6.45, 7) is 4.51. The SMILES string of the molecule is CC(C)N(CC(N)=O)C1CC(N)C1. The van der Waals surface area contributed by atoms with Crippen molar-refractivity contribution in [1.82, 2.24) is 4.90 Å². The molecule has 0 bridgehead atoms. The Morgan fingerprint density at radius 1 is 1.54 bits per heavy atom. The van der Waals surface area contributed by atoms with Crippen LogP contribution in [0.4, 0.5) is 0 Å². The second kappa shape index (κ2) is 4.07. The summed E-state index contributed by atoms with van der Waals surface area (Å²) in [6.07, 6.45) is 1.98. The van der Waals surface area contributed by atoms with Crippen molar-refractivity contribution in [2.75, 3.05) is 6.54 Å². The van der Waals surface area contributed by atoms with Gasteiger partial charge in [-0.05, 0) is 26.7 Å². The van der Waals surface area contributed by atoms with Crippen LogP contribution >= 0.6 is 0 Å². The molecule has 0 aromatic heterocycles. The molecule has 0 aromatic carbocycles. The molecule has 1 aliphatic rings. The van der Waals surface area contributed by atoms with Crippen LogP contribution < -0.4 is 11.5 Å². The highest BCUT2D eigenvalue weighted by molar-refractivity contribution is 5.76. The van der Waals surface area contributed by atoms with Gasteiger partial charge in [0, 0.05) is 18.1 Å². The van der Waals surface area contributed by atoms with E-state index in [1.807, 2.05) is 0 Å². The van der Waals surface area contributed by atoms with Gasteiger partial charge in [-0.15, -0.1) is 0 Å². The Bertz CT molecular complexity index is 187. The maximum atomic E-state index is 10.8. The van der Waals surface area contributed by atoms with Gasteiger partial charge >= 0.3 is 0 Å². The minimum absolute atomic E-state index is 0.255. The van der Waals surface area contributed by atoms with Gasteiger partial charge in [0.1, 0.15) is 0 Å². The minimum Gasteiger partial charge on any atom is -0.369 e. The Morgan fingerprint density at radius 2 is 2.08 bits per heavy atom. The van der Waals surface area contributed by atoms with Crippen LogP contribution in [0.25, 0.3) is 0 Å². The van der Waals surface area contributed by atoms with Crippen molar-refractivity contribution in [1.29, 1.82) is 0 Å². The van der Waals surface area contributed by atoms with Crippen LogP contribution in [0.2, 0.25) is 0 Å². The predicted molar refractivity (Wildman–Crippen MR) is 52.0 cm³/mol. The zero-order chi connectivity index (χ0) is 10.0. The van der Waals surface area contributed by atoms with E-state index in [1.54, 1.807) is 0 Å². The van der Waals surface area contributed by atoms with Gasteiger partial charge < -0.3 is 11.5 Å². The molecule has 1 rings (SSSR count). The van der Waals surface area contributed by atoms with Gasteiger partial charge in [-0.2, -0.15) is 0 Å².